The lowest BCUT2D eigenvalue weighted by molar-refractivity contribution is 0.0978. The number of aryl methyl sites for hydroxylation is 2. The summed E-state index contributed by atoms with van der Waals surface area (Å²) >= 11 is 1.42. The van der Waals surface area contributed by atoms with Gasteiger partial charge in [0.1, 0.15) is 5.01 Å². The Morgan fingerprint density at radius 3 is 2.42 bits per heavy atom. The number of nitriles is 1. The van der Waals surface area contributed by atoms with Crippen molar-refractivity contribution in [2.45, 2.75) is 19.8 Å². The van der Waals surface area contributed by atoms with Crippen molar-refractivity contribution in [3.8, 4) is 17.3 Å². The first-order valence-corrected chi connectivity index (χ1v) is 8.45. The summed E-state index contributed by atoms with van der Waals surface area (Å²) in [6, 6.07) is 19.3. The minimum atomic E-state index is -0.868. The quantitative estimate of drug-likeness (QED) is 0.637. The van der Waals surface area contributed by atoms with E-state index >= 15 is 0 Å². The summed E-state index contributed by atoms with van der Waals surface area (Å²) in [6.45, 7) is 3.85. The van der Waals surface area contributed by atoms with Crippen LogP contribution in [0, 0.1) is 25.2 Å². The molecule has 1 aromatic heterocycles. The van der Waals surface area contributed by atoms with Crippen molar-refractivity contribution >= 4 is 17.1 Å². The second-order valence-corrected chi connectivity index (χ2v) is 6.80. The fourth-order valence-electron chi connectivity index (χ4n) is 2.64. The molecule has 0 N–H and O–H groups in total. The number of carbonyl (C=O) groups is 1. The van der Waals surface area contributed by atoms with Gasteiger partial charge in [0.2, 0.25) is 0 Å². The van der Waals surface area contributed by atoms with Crippen LogP contribution in [0.1, 0.15) is 31.7 Å². The van der Waals surface area contributed by atoms with Crippen LogP contribution in [-0.2, 0) is 0 Å². The summed E-state index contributed by atoms with van der Waals surface area (Å²) in [5, 5.41) is 10.1. The highest BCUT2D eigenvalue weighted by Crippen LogP contribution is 2.32. The molecule has 0 aliphatic heterocycles. The van der Waals surface area contributed by atoms with Crippen LogP contribution in [0.2, 0.25) is 0 Å². The predicted molar refractivity (Wildman–Crippen MR) is 96.2 cm³/mol. The molecule has 0 spiro atoms. The third-order valence-electron chi connectivity index (χ3n) is 3.91. The third kappa shape index (κ3) is 2.99. The van der Waals surface area contributed by atoms with Crippen molar-refractivity contribution in [1.82, 2.24) is 4.98 Å². The number of hydrogen-bond donors (Lipinski definition) is 0. The molecule has 1 atom stereocenters. The van der Waals surface area contributed by atoms with Gasteiger partial charge in [-0.3, -0.25) is 4.79 Å². The molecule has 3 nitrogen and oxygen atoms in total. The van der Waals surface area contributed by atoms with Gasteiger partial charge in [-0.25, -0.2) is 4.98 Å². The number of hydrogen-bond acceptors (Lipinski definition) is 4. The Bertz CT molecular complexity index is 922. The molecule has 1 unspecified atom stereocenters. The molecule has 24 heavy (non-hydrogen) atoms. The largest absolute Gasteiger partial charge is 0.292 e. The number of benzene rings is 2. The molecule has 4 heteroatoms. The molecule has 0 amide bonds. The monoisotopic (exact) mass is 332 g/mol. The van der Waals surface area contributed by atoms with Crippen LogP contribution in [0.4, 0.5) is 0 Å². The Balaban J connectivity index is 2.00. The smallest absolute Gasteiger partial charge is 0.187 e. The maximum atomic E-state index is 12.8. The molecule has 2 aromatic carbocycles. The lowest BCUT2D eigenvalue weighted by Gasteiger charge is -2.07. The zero-order chi connectivity index (χ0) is 17.1. The van der Waals surface area contributed by atoms with Crippen molar-refractivity contribution < 1.29 is 4.79 Å². The lowest BCUT2D eigenvalue weighted by atomic mass is 9.96. The van der Waals surface area contributed by atoms with Crippen LogP contribution in [0.25, 0.3) is 11.3 Å². The Labute approximate surface area is 145 Å². The highest BCUT2D eigenvalue weighted by Gasteiger charge is 2.27. The van der Waals surface area contributed by atoms with Gasteiger partial charge in [-0.2, -0.15) is 5.26 Å². The number of thiazole rings is 1. The molecule has 0 bridgehead atoms. The second kappa shape index (κ2) is 6.77. The maximum Gasteiger partial charge on any atom is 0.187 e. The van der Waals surface area contributed by atoms with Crippen LogP contribution in [-0.4, -0.2) is 10.8 Å². The number of rotatable bonds is 4. The Hall–Kier alpha value is -2.77. The van der Waals surface area contributed by atoms with Crippen molar-refractivity contribution in [1.29, 1.82) is 5.26 Å². The fraction of sp³-hybridized carbons (Fsp3) is 0.150. The second-order valence-electron chi connectivity index (χ2n) is 5.56. The van der Waals surface area contributed by atoms with Gasteiger partial charge < -0.3 is 0 Å². The highest BCUT2D eigenvalue weighted by molar-refractivity contribution is 7.12. The van der Waals surface area contributed by atoms with E-state index in [4.69, 9.17) is 0 Å². The average Bonchev–Trinajstić information content (AvgIpc) is 2.98. The van der Waals surface area contributed by atoms with Gasteiger partial charge in [0.15, 0.2) is 11.7 Å². The van der Waals surface area contributed by atoms with Crippen LogP contribution in [0.5, 0.6) is 0 Å². The molecule has 0 radical (unpaired) electrons. The average molecular weight is 332 g/mol. The number of carbonyl (C=O) groups excluding carboxylic acids is 1. The topological polar surface area (TPSA) is 53.8 Å². The first-order chi connectivity index (χ1) is 11.6. The van der Waals surface area contributed by atoms with Gasteiger partial charge in [0.25, 0.3) is 0 Å². The summed E-state index contributed by atoms with van der Waals surface area (Å²) in [5.74, 6) is -1.06. The molecule has 3 aromatic rings. The van der Waals surface area contributed by atoms with Crippen LogP contribution < -0.4 is 0 Å². The van der Waals surface area contributed by atoms with E-state index in [-0.39, 0.29) is 5.78 Å². The molecule has 1 heterocycles. The predicted octanol–water partition coefficient (Wildman–Crippen LogP) is 4.92. The standard InChI is InChI=1S/C20H16N2OS/c1-13-8-6-7-11-16(13)19(23)17(12-21)20-22-18(14(2)24-20)15-9-4-3-5-10-15/h3-11,17H,1-2H3. The zero-order valence-electron chi connectivity index (χ0n) is 13.5. The SMILES string of the molecule is Cc1ccccc1C(=O)C(C#N)c1nc(-c2ccccc2)c(C)s1. The van der Waals surface area contributed by atoms with Crippen LogP contribution >= 0.6 is 11.3 Å². The Morgan fingerprint density at radius 1 is 1.08 bits per heavy atom. The summed E-state index contributed by atoms with van der Waals surface area (Å²) in [5.41, 5.74) is 3.29. The highest BCUT2D eigenvalue weighted by atomic mass is 32.1. The fourth-order valence-corrected chi connectivity index (χ4v) is 3.62. The van der Waals surface area contributed by atoms with Gasteiger partial charge in [0, 0.05) is 16.0 Å². The molecule has 3 rings (SSSR count). The zero-order valence-corrected chi connectivity index (χ0v) is 14.3. The molecule has 0 saturated heterocycles. The van der Waals surface area contributed by atoms with Crippen LogP contribution in [0.15, 0.2) is 54.6 Å². The van der Waals surface area contributed by atoms with Crippen molar-refractivity contribution in [2.24, 2.45) is 0 Å². The van der Waals surface area contributed by atoms with Crippen molar-refractivity contribution in [3.63, 3.8) is 0 Å². The number of aromatic nitrogens is 1. The molecule has 0 saturated carbocycles. The van der Waals surface area contributed by atoms with Crippen LogP contribution in [0.3, 0.4) is 0 Å². The summed E-state index contributed by atoms with van der Waals surface area (Å²) < 4.78 is 0. The molecule has 118 valence electrons. The molecular weight excluding hydrogens is 316 g/mol. The third-order valence-corrected chi connectivity index (χ3v) is 4.94. The molecule has 0 aliphatic carbocycles. The van der Waals surface area contributed by atoms with Gasteiger partial charge in [0.05, 0.1) is 11.8 Å². The lowest BCUT2D eigenvalue weighted by Crippen LogP contribution is -2.12. The van der Waals surface area contributed by atoms with Gasteiger partial charge in [-0.15, -0.1) is 11.3 Å². The normalized spacial score (nSPS) is 11.7. The number of nitrogens with zero attached hydrogens (tertiary/aromatic N) is 2. The van der Waals surface area contributed by atoms with Gasteiger partial charge in [-0.05, 0) is 19.4 Å². The van der Waals surface area contributed by atoms with E-state index in [0.29, 0.717) is 10.6 Å². The van der Waals surface area contributed by atoms with E-state index in [2.05, 4.69) is 11.1 Å². The Morgan fingerprint density at radius 2 is 1.75 bits per heavy atom. The van der Waals surface area contributed by atoms with Crippen molar-refractivity contribution in [3.05, 3.63) is 75.6 Å². The maximum absolute atomic E-state index is 12.8. The molecule has 0 aliphatic rings. The van der Waals surface area contributed by atoms with Crippen molar-refractivity contribution in [2.75, 3.05) is 0 Å². The number of ketones is 1. The van der Waals surface area contributed by atoms with E-state index in [9.17, 15) is 10.1 Å². The molecule has 0 fully saturated rings. The van der Waals surface area contributed by atoms with E-state index in [1.165, 1.54) is 11.3 Å². The first-order valence-electron chi connectivity index (χ1n) is 7.64. The summed E-state index contributed by atoms with van der Waals surface area (Å²) in [7, 11) is 0. The first kappa shape index (κ1) is 16.1. The summed E-state index contributed by atoms with van der Waals surface area (Å²) in [4.78, 5) is 18.4. The summed E-state index contributed by atoms with van der Waals surface area (Å²) in [6.07, 6.45) is 0. The minimum absolute atomic E-state index is 0.191. The van der Waals surface area contributed by atoms with E-state index in [1.807, 2.05) is 62.4 Å². The van der Waals surface area contributed by atoms with E-state index in [0.717, 1.165) is 21.7 Å². The number of Topliss-reactive ketones (excluding diaryl/α,β-unsaturated/α-hetero) is 1. The minimum Gasteiger partial charge on any atom is -0.292 e. The van der Waals surface area contributed by atoms with Gasteiger partial charge in [-0.1, -0.05) is 54.6 Å². The van der Waals surface area contributed by atoms with E-state index in [1.54, 1.807) is 6.07 Å². The van der Waals surface area contributed by atoms with Gasteiger partial charge >= 0.3 is 0 Å². The van der Waals surface area contributed by atoms with E-state index < -0.39 is 5.92 Å². The molecular formula is C20H16N2OS. The Kier molecular flexibility index (Phi) is 4.54.